The number of para-hydroxylation sites is 2. The van der Waals surface area contributed by atoms with E-state index < -0.39 is 0 Å². The normalized spacial score (nSPS) is 24.3. The van der Waals surface area contributed by atoms with Gasteiger partial charge in [-0.2, -0.15) is 0 Å². The number of fused-ring (bicyclic) bond motifs is 3. The fourth-order valence-corrected chi connectivity index (χ4v) is 4.60. The minimum Gasteiger partial charge on any atom is -0.489 e. The fraction of sp³-hybridized carbons (Fsp3) is 0.381. The monoisotopic (exact) mass is 362 g/mol. The number of piperidine rings is 1. The van der Waals surface area contributed by atoms with E-state index in [4.69, 9.17) is 4.74 Å². The molecule has 2 aliphatic rings. The van der Waals surface area contributed by atoms with E-state index in [1.54, 1.807) is 18.7 Å². The van der Waals surface area contributed by atoms with Crippen molar-refractivity contribution in [1.82, 2.24) is 19.4 Å². The molecule has 2 aliphatic heterocycles. The second-order valence-electron chi connectivity index (χ2n) is 7.45. The van der Waals surface area contributed by atoms with Crippen molar-refractivity contribution < 1.29 is 9.53 Å². The van der Waals surface area contributed by atoms with Crippen molar-refractivity contribution >= 4 is 16.9 Å². The van der Waals surface area contributed by atoms with E-state index in [0.717, 1.165) is 42.5 Å². The molecule has 2 fully saturated rings. The molecule has 2 unspecified atom stereocenters. The van der Waals surface area contributed by atoms with E-state index in [-0.39, 0.29) is 24.1 Å². The van der Waals surface area contributed by atoms with E-state index in [1.807, 2.05) is 41.0 Å². The Bertz CT molecular complexity index is 941. The average Bonchev–Trinajstić information content (AvgIpc) is 3.21. The molecule has 2 atom stereocenters. The largest absolute Gasteiger partial charge is 0.489 e. The third-order valence-corrected chi connectivity index (χ3v) is 5.75. The summed E-state index contributed by atoms with van der Waals surface area (Å²) in [6.07, 6.45) is 9.33. The zero-order valence-electron chi connectivity index (χ0n) is 15.1. The summed E-state index contributed by atoms with van der Waals surface area (Å²) in [7, 11) is 0. The molecule has 2 aromatic heterocycles. The van der Waals surface area contributed by atoms with E-state index in [2.05, 4.69) is 14.9 Å². The standard InChI is InChI=1S/C21H22N4O2/c26-21(13-24-14-23-19-5-1-2-6-20(19)24)25-15-7-8-16(25)11-18(10-15)27-17-4-3-9-22-12-17/h1-6,9,12,14-16,18H,7-8,10-11,13H2. The van der Waals surface area contributed by atoms with E-state index >= 15 is 0 Å². The number of ether oxygens (including phenoxy) is 1. The van der Waals surface area contributed by atoms with E-state index in [9.17, 15) is 4.79 Å². The van der Waals surface area contributed by atoms with Gasteiger partial charge in [0.15, 0.2) is 0 Å². The molecular formula is C21H22N4O2. The van der Waals surface area contributed by atoms with Crippen LogP contribution in [-0.4, -0.2) is 43.5 Å². The molecule has 4 heterocycles. The highest BCUT2D eigenvalue weighted by Crippen LogP contribution is 2.37. The minimum atomic E-state index is 0.157. The van der Waals surface area contributed by atoms with Crippen LogP contribution in [0.15, 0.2) is 55.1 Å². The van der Waals surface area contributed by atoms with Crippen molar-refractivity contribution in [2.24, 2.45) is 0 Å². The van der Waals surface area contributed by atoms with Gasteiger partial charge in [0, 0.05) is 31.1 Å². The van der Waals surface area contributed by atoms with E-state index in [0.29, 0.717) is 6.54 Å². The van der Waals surface area contributed by atoms with Gasteiger partial charge in [0.2, 0.25) is 5.91 Å². The zero-order chi connectivity index (χ0) is 18.2. The van der Waals surface area contributed by atoms with Crippen LogP contribution in [-0.2, 0) is 11.3 Å². The van der Waals surface area contributed by atoms with Crippen LogP contribution in [0.3, 0.4) is 0 Å². The summed E-state index contributed by atoms with van der Waals surface area (Å²) in [5.41, 5.74) is 1.94. The molecule has 27 heavy (non-hydrogen) atoms. The second kappa shape index (κ2) is 6.68. The number of benzene rings is 1. The maximum atomic E-state index is 13.1. The van der Waals surface area contributed by atoms with Crippen molar-refractivity contribution in [3.8, 4) is 5.75 Å². The molecule has 0 radical (unpaired) electrons. The first kappa shape index (κ1) is 16.3. The topological polar surface area (TPSA) is 60.2 Å². The smallest absolute Gasteiger partial charge is 0.243 e. The van der Waals surface area contributed by atoms with Crippen LogP contribution in [0, 0.1) is 0 Å². The van der Waals surface area contributed by atoms with Crippen molar-refractivity contribution in [3.63, 3.8) is 0 Å². The molecule has 2 bridgehead atoms. The summed E-state index contributed by atoms with van der Waals surface area (Å²) in [5.74, 6) is 0.997. The number of imidazole rings is 1. The highest BCUT2D eigenvalue weighted by Gasteiger charge is 2.43. The Balaban J connectivity index is 1.28. The van der Waals surface area contributed by atoms with Crippen molar-refractivity contribution in [3.05, 3.63) is 55.1 Å². The van der Waals surface area contributed by atoms with Gasteiger partial charge in [-0.3, -0.25) is 9.78 Å². The summed E-state index contributed by atoms with van der Waals surface area (Å²) < 4.78 is 8.07. The number of aromatic nitrogens is 3. The summed E-state index contributed by atoms with van der Waals surface area (Å²) in [5, 5.41) is 0. The summed E-state index contributed by atoms with van der Waals surface area (Å²) in [6, 6.07) is 12.3. The van der Waals surface area contributed by atoms with Gasteiger partial charge in [-0.05, 0) is 37.1 Å². The van der Waals surface area contributed by atoms with Crippen LogP contribution < -0.4 is 4.74 Å². The molecule has 138 valence electrons. The maximum absolute atomic E-state index is 13.1. The van der Waals surface area contributed by atoms with Crippen LogP contribution in [0.25, 0.3) is 11.0 Å². The van der Waals surface area contributed by atoms with Gasteiger partial charge >= 0.3 is 0 Å². The minimum absolute atomic E-state index is 0.157. The predicted molar refractivity (Wildman–Crippen MR) is 101 cm³/mol. The van der Waals surface area contributed by atoms with Crippen molar-refractivity contribution in [2.75, 3.05) is 0 Å². The number of hydrogen-bond acceptors (Lipinski definition) is 4. The Labute approximate surface area is 157 Å². The summed E-state index contributed by atoms with van der Waals surface area (Å²) in [4.78, 5) is 23.7. The van der Waals surface area contributed by atoms with Gasteiger partial charge < -0.3 is 14.2 Å². The number of nitrogens with zero attached hydrogens (tertiary/aromatic N) is 4. The molecule has 0 saturated carbocycles. The second-order valence-corrected chi connectivity index (χ2v) is 7.45. The van der Waals surface area contributed by atoms with Gasteiger partial charge in [0.1, 0.15) is 18.4 Å². The number of rotatable bonds is 4. The SMILES string of the molecule is O=C(Cn1cnc2ccccc21)N1C2CCC1CC(Oc1cccnc1)C2. The van der Waals surface area contributed by atoms with Gasteiger partial charge in [0.05, 0.1) is 23.6 Å². The Kier molecular flexibility index (Phi) is 4.03. The maximum Gasteiger partial charge on any atom is 0.243 e. The van der Waals surface area contributed by atoms with Crippen LogP contribution in [0.4, 0.5) is 0 Å². The first-order chi connectivity index (χ1) is 13.3. The van der Waals surface area contributed by atoms with Crippen molar-refractivity contribution in [2.45, 2.75) is 50.4 Å². The molecule has 5 rings (SSSR count). The molecule has 3 aromatic rings. The lowest BCUT2D eigenvalue weighted by Crippen LogP contribution is -2.50. The van der Waals surface area contributed by atoms with Crippen molar-refractivity contribution in [1.29, 1.82) is 0 Å². The quantitative estimate of drug-likeness (QED) is 0.716. The third-order valence-electron chi connectivity index (χ3n) is 5.75. The van der Waals surface area contributed by atoms with Gasteiger partial charge in [-0.25, -0.2) is 4.98 Å². The first-order valence-corrected chi connectivity index (χ1v) is 9.55. The van der Waals surface area contributed by atoms with Gasteiger partial charge in [0.25, 0.3) is 0 Å². The molecule has 0 N–H and O–H groups in total. The average molecular weight is 362 g/mol. The molecule has 1 aromatic carbocycles. The highest BCUT2D eigenvalue weighted by atomic mass is 16.5. The number of amides is 1. The predicted octanol–water partition coefficient (Wildman–Crippen LogP) is 3.03. The van der Waals surface area contributed by atoms with Crippen LogP contribution in [0.1, 0.15) is 25.7 Å². The number of pyridine rings is 1. The fourth-order valence-electron chi connectivity index (χ4n) is 4.60. The van der Waals surface area contributed by atoms with Crippen LogP contribution >= 0.6 is 0 Å². The molecular weight excluding hydrogens is 340 g/mol. The lowest BCUT2D eigenvalue weighted by atomic mass is 9.99. The lowest BCUT2D eigenvalue weighted by Gasteiger charge is -2.39. The number of carbonyl (C=O) groups excluding carboxylic acids is 1. The lowest BCUT2D eigenvalue weighted by molar-refractivity contribution is -0.137. The number of hydrogen-bond donors (Lipinski definition) is 0. The first-order valence-electron chi connectivity index (χ1n) is 9.55. The summed E-state index contributed by atoms with van der Waals surface area (Å²) in [6.45, 7) is 0.349. The molecule has 0 aliphatic carbocycles. The van der Waals surface area contributed by atoms with Crippen LogP contribution in [0.2, 0.25) is 0 Å². The van der Waals surface area contributed by atoms with Gasteiger partial charge in [-0.1, -0.05) is 12.1 Å². The summed E-state index contributed by atoms with van der Waals surface area (Å²) >= 11 is 0. The van der Waals surface area contributed by atoms with E-state index in [1.165, 1.54) is 0 Å². The molecule has 6 heteroatoms. The molecule has 2 saturated heterocycles. The Morgan fingerprint density at radius 2 is 1.93 bits per heavy atom. The van der Waals surface area contributed by atoms with Gasteiger partial charge in [-0.15, -0.1) is 0 Å². The zero-order valence-corrected chi connectivity index (χ0v) is 15.1. The molecule has 6 nitrogen and oxygen atoms in total. The number of carbonyl (C=O) groups is 1. The molecule has 1 amide bonds. The third kappa shape index (κ3) is 3.05. The molecule has 0 spiro atoms. The Morgan fingerprint density at radius 3 is 2.70 bits per heavy atom. The Morgan fingerprint density at radius 1 is 1.11 bits per heavy atom. The van der Waals surface area contributed by atoms with Crippen LogP contribution in [0.5, 0.6) is 5.75 Å². The highest BCUT2D eigenvalue weighted by molar-refractivity contribution is 5.81. The Hall–Kier alpha value is -2.89.